The molecule has 1 atom stereocenters. The monoisotopic (exact) mass is 466 g/mol. The number of piperidine rings is 1. The zero-order valence-electron chi connectivity index (χ0n) is 18.4. The van der Waals surface area contributed by atoms with Crippen molar-refractivity contribution in [1.29, 1.82) is 0 Å². The van der Waals surface area contributed by atoms with E-state index in [9.17, 15) is 9.59 Å². The van der Waals surface area contributed by atoms with Gasteiger partial charge in [-0.15, -0.1) is 11.3 Å². The number of carbonyl (C=O) groups is 2. The van der Waals surface area contributed by atoms with Gasteiger partial charge in [0, 0.05) is 44.9 Å². The summed E-state index contributed by atoms with van der Waals surface area (Å²) < 4.78 is 13.6. The van der Waals surface area contributed by atoms with Gasteiger partial charge in [0.1, 0.15) is 17.2 Å². The standard InChI is InChI=1S/C24H26N4O4S/c1-31-18-6-4-17(5-7-18)15-26-21(29)19-16-28-13-10-25-23(28)24(32-19)8-11-27(12-9-24)22(30)20-3-2-14-33-20/h2-7,10,13-14,19H,8-9,11-12,15-16H2,1H3,(H,26,29). The van der Waals surface area contributed by atoms with Gasteiger partial charge in [0.05, 0.1) is 18.5 Å². The zero-order valence-corrected chi connectivity index (χ0v) is 19.2. The average molecular weight is 467 g/mol. The Bertz CT molecular complexity index is 1120. The lowest BCUT2D eigenvalue weighted by Crippen LogP contribution is -2.54. The van der Waals surface area contributed by atoms with Crippen LogP contribution in [0, 0.1) is 0 Å². The van der Waals surface area contributed by atoms with Crippen LogP contribution in [0.1, 0.15) is 33.9 Å². The molecule has 1 N–H and O–H groups in total. The molecule has 0 radical (unpaired) electrons. The van der Waals surface area contributed by atoms with Crippen LogP contribution < -0.4 is 10.1 Å². The predicted octanol–water partition coefficient (Wildman–Crippen LogP) is 2.80. The van der Waals surface area contributed by atoms with Crippen LogP contribution in [0.5, 0.6) is 5.75 Å². The highest BCUT2D eigenvalue weighted by Gasteiger charge is 2.47. The number of hydrogen-bond acceptors (Lipinski definition) is 6. The minimum Gasteiger partial charge on any atom is -0.497 e. The van der Waals surface area contributed by atoms with Crippen LogP contribution in [0.4, 0.5) is 0 Å². The van der Waals surface area contributed by atoms with Crippen molar-refractivity contribution in [2.75, 3.05) is 20.2 Å². The number of nitrogens with zero attached hydrogens (tertiary/aromatic N) is 3. The van der Waals surface area contributed by atoms with Gasteiger partial charge < -0.3 is 24.3 Å². The van der Waals surface area contributed by atoms with Crippen molar-refractivity contribution in [3.05, 3.63) is 70.4 Å². The molecule has 1 aromatic carbocycles. The van der Waals surface area contributed by atoms with E-state index < -0.39 is 11.7 Å². The average Bonchev–Trinajstić information content (AvgIpc) is 3.56. The first-order valence-electron chi connectivity index (χ1n) is 11.0. The van der Waals surface area contributed by atoms with Crippen molar-refractivity contribution < 1.29 is 19.1 Å². The van der Waals surface area contributed by atoms with Crippen molar-refractivity contribution in [2.24, 2.45) is 0 Å². The van der Waals surface area contributed by atoms with E-state index in [4.69, 9.17) is 9.47 Å². The molecule has 9 heteroatoms. The second-order valence-corrected chi connectivity index (χ2v) is 9.29. The van der Waals surface area contributed by atoms with Gasteiger partial charge in [-0.05, 0) is 29.1 Å². The molecule has 1 spiro atoms. The number of carbonyl (C=O) groups excluding carboxylic acids is 2. The van der Waals surface area contributed by atoms with E-state index in [1.165, 1.54) is 11.3 Å². The highest BCUT2D eigenvalue weighted by atomic mass is 32.1. The number of benzene rings is 1. The fraction of sp³-hybridized carbons (Fsp3) is 0.375. The lowest BCUT2D eigenvalue weighted by atomic mass is 9.88. The van der Waals surface area contributed by atoms with Gasteiger partial charge >= 0.3 is 0 Å². The Hall–Kier alpha value is -3.17. The van der Waals surface area contributed by atoms with Crippen molar-refractivity contribution >= 4 is 23.2 Å². The first-order valence-corrected chi connectivity index (χ1v) is 11.9. The Morgan fingerprint density at radius 3 is 2.73 bits per heavy atom. The number of fused-ring (bicyclic) bond motifs is 2. The molecule has 8 nitrogen and oxygen atoms in total. The molecule has 5 rings (SSSR count). The van der Waals surface area contributed by atoms with Gasteiger partial charge in [-0.2, -0.15) is 0 Å². The maximum Gasteiger partial charge on any atom is 0.263 e. The summed E-state index contributed by atoms with van der Waals surface area (Å²) in [4.78, 5) is 32.9. The van der Waals surface area contributed by atoms with Gasteiger partial charge in [0.25, 0.3) is 11.8 Å². The maximum atomic E-state index is 13.0. The fourth-order valence-electron chi connectivity index (χ4n) is 4.55. The molecule has 1 fully saturated rings. The molecule has 3 aromatic rings. The molecule has 0 saturated carbocycles. The number of nitrogens with one attached hydrogen (secondary N) is 1. The van der Waals surface area contributed by atoms with E-state index in [1.54, 1.807) is 13.3 Å². The van der Waals surface area contributed by atoms with Gasteiger partial charge in [0.15, 0.2) is 6.10 Å². The maximum absolute atomic E-state index is 13.0. The summed E-state index contributed by atoms with van der Waals surface area (Å²) in [6.07, 6.45) is 4.23. The number of ether oxygens (including phenoxy) is 2. The third-order valence-corrected chi connectivity index (χ3v) is 7.22. The molecular formula is C24H26N4O4S. The summed E-state index contributed by atoms with van der Waals surface area (Å²) in [7, 11) is 1.62. The molecule has 4 heterocycles. The highest BCUT2D eigenvalue weighted by Crippen LogP contribution is 2.40. The topological polar surface area (TPSA) is 85.7 Å². The SMILES string of the molecule is COc1ccc(CNC(=O)C2Cn3ccnc3C3(CCN(C(=O)c4cccs4)CC3)O2)cc1. The van der Waals surface area contributed by atoms with Gasteiger partial charge in [0.2, 0.25) is 0 Å². The first kappa shape index (κ1) is 21.7. The zero-order chi connectivity index (χ0) is 22.8. The van der Waals surface area contributed by atoms with Gasteiger partial charge in [-0.3, -0.25) is 9.59 Å². The number of hydrogen-bond donors (Lipinski definition) is 1. The smallest absolute Gasteiger partial charge is 0.263 e. The second-order valence-electron chi connectivity index (χ2n) is 8.34. The first-order chi connectivity index (χ1) is 16.1. The van der Waals surface area contributed by atoms with E-state index in [0.29, 0.717) is 39.0 Å². The fourth-order valence-corrected chi connectivity index (χ4v) is 5.24. The number of methoxy groups -OCH3 is 1. The summed E-state index contributed by atoms with van der Waals surface area (Å²) in [5.41, 5.74) is 0.314. The second kappa shape index (κ2) is 8.99. The summed E-state index contributed by atoms with van der Waals surface area (Å²) in [5.74, 6) is 1.51. The number of likely N-dealkylation sites (tertiary alicyclic amines) is 1. The molecule has 2 aliphatic heterocycles. The molecule has 172 valence electrons. The number of rotatable bonds is 5. The number of amides is 2. The molecule has 2 aliphatic rings. The summed E-state index contributed by atoms with van der Waals surface area (Å²) in [5, 5.41) is 4.91. The Morgan fingerprint density at radius 1 is 1.24 bits per heavy atom. The van der Waals surface area contributed by atoms with Crippen molar-refractivity contribution in [1.82, 2.24) is 19.8 Å². The van der Waals surface area contributed by atoms with E-state index in [1.807, 2.05) is 57.4 Å². The molecule has 1 saturated heterocycles. The lowest BCUT2D eigenvalue weighted by molar-refractivity contribution is -0.172. The number of aromatic nitrogens is 2. The Kier molecular flexibility index (Phi) is 5.90. The molecule has 2 amide bonds. The van der Waals surface area contributed by atoms with Crippen LogP contribution in [0.15, 0.2) is 54.2 Å². The molecule has 33 heavy (non-hydrogen) atoms. The molecule has 2 aromatic heterocycles. The third-order valence-electron chi connectivity index (χ3n) is 6.36. The lowest BCUT2D eigenvalue weighted by Gasteiger charge is -2.45. The molecule has 1 unspecified atom stereocenters. The Labute approximate surface area is 196 Å². The largest absolute Gasteiger partial charge is 0.497 e. The van der Waals surface area contributed by atoms with Crippen molar-refractivity contribution in [3.63, 3.8) is 0 Å². The Morgan fingerprint density at radius 2 is 2.03 bits per heavy atom. The molecule has 0 bridgehead atoms. The van der Waals surface area contributed by atoms with E-state index in [-0.39, 0.29) is 11.8 Å². The van der Waals surface area contributed by atoms with Crippen LogP contribution in [-0.2, 0) is 28.2 Å². The van der Waals surface area contributed by atoms with Crippen molar-refractivity contribution in [2.45, 2.75) is 37.6 Å². The summed E-state index contributed by atoms with van der Waals surface area (Å²) >= 11 is 1.45. The van der Waals surface area contributed by atoms with E-state index in [2.05, 4.69) is 10.3 Å². The van der Waals surface area contributed by atoms with Crippen LogP contribution in [0.2, 0.25) is 0 Å². The Balaban J connectivity index is 1.26. The predicted molar refractivity (Wildman–Crippen MR) is 123 cm³/mol. The molecule has 0 aliphatic carbocycles. The third kappa shape index (κ3) is 4.26. The minimum absolute atomic E-state index is 0.0489. The quantitative estimate of drug-likeness (QED) is 0.625. The number of imidazole rings is 1. The minimum atomic E-state index is -0.671. The van der Waals surface area contributed by atoms with Crippen molar-refractivity contribution in [3.8, 4) is 5.75 Å². The van der Waals surface area contributed by atoms with Crippen LogP contribution in [-0.4, -0.2) is 52.6 Å². The van der Waals surface area contributed by atoms with E-state index in [0.717, 1.165) is 22.0 Å². The van der Waals surface area contributed by atoms with Gasteiger partial charge in [-0.25, -0.2) is 4.98 Å². The summed E-state index contributed by atoms with van der Waals surface area (Å²) in [6.45, 7) is 1.95. The van der Waals surface area contributed by atoms with Crippen LogP contribution >= 0.6 is 11.3 Å². The van der Waals surface area contributed by atoms with Gasteiger partial charge in [-0.1, -0.05) is 18.2 Å². The number of thiophene rings is 1. The molecular weight excluding hydrogens is 440 g/mol. The highest BCUT2D eigenvalue weighted by molar-refractivity contribution is 7.12. The van der Waals surface area contributed by atoms with E-state index >= 15 is 0 Å². The summed E-state index contributed by atoms with van der Waals surface area (Å²) in [6, 6.07) is 11.3. The normalized spacial score (nSPS) is 19.2. The van der Waals surface area contributed by atoms with Crippen LogP contribution in [0.3, 0.4) is 0 Å². The van der Waals surface area contributed by atoms with Crippen LogP contribution in [0.25, 0.3) is 0 Å².